The van der Waals surface area contributed by atoms with Gasteiger partial charge in [0, 0.05) is 37.5 Å². The molecule has 5 heterocycles. The molecule has 0 saturated carbocycles. The standard InChI is InChI=1S/C37H37F3N6O2/c1-3-7-29-31-34(32(40)33(42-29)27-17-25(47)16-23-9-10-28(39)26(4-2)30(23)27)43-36(44-35(31)45-13-5-8-22(19-41)11-15-45)48-21-37-12-6-14-46(37)20-24(38)18-37/h9-10,16-17,22,24,47H,4-6,8,11-15,18,20-21H2,1-2H3/t22?,24-,37+/m1/s1. The highest BCUT2D eigenvalue weighted by molar-refractivity contribution is 6.03. The largest absolute Gasteiger partial charge is 0.508 e. The van der Waals surface area contributed by atoms with Crippen LogP contribution in [0.1, 0.15) is 63.6 Å². The molecule has 0 aliphatic carbocycles. The number of phenols is 1. The van der Waals surface area contributed by atoms with Crippen LogP contribution in [0.4, 0.5) is 19.0 Å². The maximum Gasteiger partial charge on any atom is 0.319 e. The third-order valence-electron chi connectivity index (χ3n) is 10.2. The van der Waals surface area contributed by atoms with E-state index in [1.165, 1.54) is 18.2 Å². The smallest absolute Gasteiger partial charge is 0.319 e. The van der Waals surface area contributed by atoms with E-state index in [-0.39, 0.29) is 46.8 Å². The summed E-state index contributed by atoms with van der Waals surface area (Å²) >= 11 is 0. The lowest BCUT2D eigenvalue weighted by molar-refractivity contribution is 0.107. The minimum Gasteiger partial charge on any atom is -0.508 e. The fourth-order valence-electron chi connectivity index (χ4n) is 7.93. The van der Waals surface area contributed by atoms with Crippen LogP contribution in [0.25, 0.3) is 32.9 Å². The molecule has 1 unspecified atom stereocenters. The number of hydrogen-bond donors (Lipinski definition) is 1. The van der Waals surface area contributed by atoms with Gasteiger partial charge in [-0.25, -0.2) is 18.2 Å². The second-order valence-corrected chi connectivity index (χ2v) is 13.1. The van der Waals surface area contributed by atoms with E-state index in [2.05, 4.69) is 27.8 Å². The normalized spacial score (nSPS) is 22.7. The van der Waals surface area contributed by atoms with Crippen molar-refractivity contribution in [2.24, 2.45) is 5.92 Å². The second kappa shape index (κ2) is 12.8. The van der Waals surface area contributed by atoms with Gasteiger partial charge in [0.2, 0.25) is 0 Å². The Hall–Kier alpha value is -4.61. The Balaban J connectivity index is 1.45. The number of rotatable bonds is 6. The average Bonchev–Trinajstić information content (AvgIpc) is 3.49. The maximum absolute atomic E-state index is 17.1. The Labute approximate surface area is 277 Å². The number of aromatic hydroxyl groups is 1. The van der Waals surface area contributed by atoms with Crippen LogP contribution in [0.3, 0.4) is 0 Å². The van der Waals surface area contributed by atoms with Crippen LogP contribution in [0.5, 0.6) is 11.8 Å². The van der Waals surface area contributed by atoms with Crippen LogP contribution < -0.4 is 9.64 Å². The summed E-state index contributed by atoms with van der Waals surface area (Å²) in [5, 5.41) is 21.6. The molecule has 7 rings (SSSR count). The molecule has 3 aliphatic heterocycles. The van der Waals surface area contributed by atoms with Crippen LogP contribution in [0, 0.1) is 40.7 Å². The highest BCUT2D eigenvalue weighted by atomic mass is 19.1. The Morgan fingerprint density at radius 1 is 1.08 bits per heavy atom. The van der Waals surface area contributed by atoms with Crippen molar-refractivity contribution in [3.63, 3.8) is 0 Å². The zero-order valence-electron chi connectivity index (χ0n) is 27.1. The summed E-state index contributed by atoms with van der Waals surface area (Å²) in [6.07, 6.45) is 3.55. The number of fused-ring (bicyclic) bond motifs is 3. The molecular formula is C37H37F3N6O2. The van der Waals surface area contributed by atoms with Crippen molar-refractivity contribution in [1.82, 2.24) is 19.9 Å². The molecule has 3 aliphatic rings. The van der Waals surface area contributed by atoms with Crippen molar-refractivity contribution in [3.8, 4) is 40.9 Å². The molecule has 0 spiro atoms. The number of aryl methyl sites for hydroxylation is 1. The molecule has 3 saturated heterocycles. The summed E-state index contributed by atoms with van der Waals surface area (Å²) in [5.74, 6) is 4.86. The third-order valence-corrected chi connectivity index (χ3v) is 10.2. The first-order valence-corrected chi connectivity index (χ1v) is 16.7. The molecule has 0 amide bonds. The van der Waals surface area contributed by atoms with Gasteiger partial charge in [-0.3, -0.25) is 4.90 Å². The number of nitriles is 1. The van der Waals surface area contributed by atoms with Gasteiger partial charge >= 0.3 is 6.01 Å². The number of nitrogens with zero attached hydrogens (tertiary/aromatic N) is 6. The molecule has 1 N–H and O–H groups in total. The number of phenolic OH excluding ortho intramolecular Hbond substituents is 1. The SMILES string of the molecule is CC#Cc1nc(-c2cc(O)cc3ccc(F)c(CC)c23)c(F)c2nc(OC[C@@]34CCCN3C[C@H](F)C4)nc(N3CCCC(C#N)CC3)c12. The molecule has 2 aromatic heterocycles. The minimum atomic E-state index is -0.941. The number of alkyl halides is 1. The Morgan fingerprint density at radius 2 is 1.94 bits per heavy atom. The van der Waals surface area contributed by atoms with Gasteiger partial charge in [0.1, 0.15) is 47.1 Å². The fraction of sp³-hybridized carbons (Fsp3) is 0.459. The van der Waals surface area contributed by atoms with Crippen molar-refractivity contribution < 1.29 is 23.0 Å². The highest BCUT2D eigenvalue weighted by Gasteiger charge is 2.49. The molecule has 248 valence electrons. The van der Waals surface area contributed by atoms with Crippen LogP contribution in [0.2, 0.25) is 0 Å². The Morgan fingerprint density at radius 3 is 2.73 bits per heavy atom. The van der Waals surface area contributed by atoms with Gasteiger partial charge in [0.05, 0.1) is 17.0 Å². The minimum absolute atomic E-state index is 0.0466. The molecule has 3 atom stereocenters. The second-order valence-electron chi connectivity index (χ2n) is 13.1. The summed E-state index contributed by atoms with van der Waals surface area (Å²) in [6.45, 7) is 5.86. The van der Waals surface area contributed by atoms with E-state index in [0.717, 1.165) is 32.2 Å². The lowest BCUT2D eigenvalue weighted by Gasteiger charge is -2.31. The third kappa shape index (κ3) is 5.54. The van der Waals surface area contributed by atoms with Crippen LogP contribution >= 0.6 is 0 Å². The molecule has 8 nitrogen and oxygen atoms in total. The zero-order chi connectivity index (χ0) is 33.6. The van der Waals surface area contributed by atoms with Gasteiger partial charge < -0.3 is 14.7 Å². The van der Waals surface area contributed by atoms with Crippen LogP contribution in [0.15, 0.2) is 24.3 Å². The first-order valence-electron chi connectivity index (χ1n) is 16.7. The average molecular weight is 655 g/mol. The van der Waals surface area contributed by atoms with Gasteiger partial charge in [-0.2, -0.15) is 15.2 Å². The van der Waals surface area contributed by atoms with Crippen molar-refractivity contribution in [1.29, 1.82) is 5.26 Å². The summed E-state index contributed by atoms with van der Waals surface area (Å²) < 4.78 is 53.1. The van der Waals surface area contributed by atoms with E-state index in [1.54, 1.807) is 13.0 Å². The first kappa shape index (κ1) is 32.0. The van der Waals surface area contributed by atoms with Crippen molar-refractivity contribution in [3.05, 3.63) is 47.2 Å². The van der Waals surface area contributed by atoms with Gasteiger partial charge in [-0.05, 0) is 92.4 Å². The van der Waals surface area contributed by atoms with Crippen molar-refractivity contribution in [2.75, 3.05) is 37.7 Å². The summed E-state index contributed by atoms with van der Waals surface area (Å²) in [7, 11) is 0. The number of ether oxygens (including phenoxy) is 1. The number of halogens is 3. The van der Waals surface area contributed by atoms with Crippen molar-refractivity contribution >= 4 is 27.5 Å². The van der Waals surface area contributed by atoms with E-state index in [4.69, 9.17) is 14.7 Å². The molecule has 11 heteroatoms. The summed E-state index contributed by atoms with van der Waals surface area (Å²) in [6, 6.07) is 8.12. The molecule has 3 fully saturated rings. The van der Waals surface area contributed by atoms with E-state index < -0.39 is 23.3 Å². The lowest BCUT2D eigenvalue weighted by atomic mass is 9.94. The number of benzene rings is 2. The molecule has 0 bridgehead atoms. The Bertz CT molecular complexity index is 2020. The zero-order valence-corrected chi connectivity index (χ0v) is 27.1. The van der Waals surface area contributed by atoms with Crippen LogP contribution in [-0.4, -0.2) is 69.5 Å². The monoisotopic (exact) mass is 654 g/mol. The van der Waals surface area contributed by atoms with E-state index in [0.29, 0.717) is 66.4 Å². The molecule has 0 radical (unpaired) electrons. The molecular weight excluding hydrogens is 617 g/mol. The summed E-state index contributed by atoms with van der Waals surface area (Å²) in [4.78, 5) is 18.3. The topological polar surface area (TPSA) is 98.4 Å². The number of hydrogen-bond acceptors (Lipinski definition) is 8. The predicted octanol–water partition coefficient (Wildman–Crippen LogP) is 6.85. The lowest BCUT2D eigenvalue weighted by Crippen LogP contribution is -2.43. The van der Waals surface area contributed by atoms with E-state index in [9.17, 15) is 14.8 Å². The quantitative estimate of drug-likeness (QED) is 0.226. The highest BCUT2D eigenvalue weighted by Crippen LogP contribution is 2.42. The predicted molar refractivity (Wildman–Crippen MR) is 177 cm³/mol. The summed E-state index contributed by atoms with van der Waals surface area (Å²) in [5.41, 5.74) is 0.153. The first-order chi connectivity index (χ1) is 23.2. The maximum atomic E-state index is 17.1. The van der Waals surface area contributed by atoms with Crippen molar-refractivity contribution in [2.45, 2.75) is 70.5 Å². The van der Waals surface area contributed by atoms with Gasteiger partial charge in [-0.15, -0.1) is 0 Å². The van der Waals surface area contributed by atoms with E-state index in [1.807, 2.05) is 11.8 Å². The van der Waals surface area contributed by atoms with Gasteiger partial charge in [0.25, 0.3) is 0 Å². The molecule has 48 heavy (non-hydrogen) atoms. The number of aromatic nitrogens is 3. The van der Waals surface area contributed by atoms with Crippen LogP contribution in [-0.2, 0) is 6.42 Å². The molecule has 2 aromatic carbocycles. The fourth-order valence-corrected chi connectivity index (χ4v) is 7.93. The molecule has 4 aromatic rings. The Kier molecular flexibility index (Phi) is 8.51. The van der Waals surface area contributed by atoms with E-state index >= 15 is 8.78 Å². The number of anilines is 1. The van der Waals surface area contributed by atoms with Gasteiger partial charge in [0.15, 0.2) is 5.82 Å². The number of pyridine rings is 1. The van der Waals surface area contributed by atoms with Gasteiger partial charge in [-0.1, -0.05) is 18.9 Å².